The first-order valence-corrected chi connectivity index (χ1v) is 6.16. The minimum Gasteiger partial charge on any atom is -0.394 e. The topological polar surface area (TPSA) is 97.5 Å². The highest BCUT2D eigenvalue weighted by Crippen LogP contribution is 2.32. The summed E-state index contributed by atoms with van der Waals surface area (Å²) in [6.07, 6.45) is 1.42. The highest BCUT2D eigenvalue weighted by atomic mass is 19.1. The standard InChI is InChI=1S/C13H14FN3O4/c1-21-7-8(6-18)16-13-10(14)5-11(17(19)20)9-3-2-4-15-12(9)13/h2-5,8,16,18H,6-7H2,1H3. The Morgan fingerprint density at radius 2 is 2.38 bits per heavy atom. The molecule has 7 nitrogen and oxygen atoms in total. The molecule has 2 N–H and O–H groups in total. The maximum Gasteiger partial charge on any atom is 0.281 e. The monoisotopic (exact) mass is 295 g/mol. The van der Waals surface area contributed by atoms with E-state index in [1.165, 1.54) is 25.4 Å². The van der Waals surface area contributed by atoms with Gasteiger partial charge in [0.2, 0.25) is 0 Å². The Bertz CT molecular complexity index is 665. The summed E-state index contributed by atoms with van der Waals surface area (Å²) >= 11 is 0. The van der Waals surface area contributed by atoms with Gasteiger partial charge in [-0.25, -0.2) is 4.39 Å². The number of anilines is 1. The fourth-order valence-corrected chi connectivity index (χ4v) is 2.03. The van der Waals surface area contributed by atoms with Gasteiger partial charge in [-0.3, -0.25) is 15.1 Å². The van der Waals surface area contributed by atoms with Crippen molar-refractivity contribution in [1.29, 1.82) is 0 Å². The number of nitrogens with zero attached hydrogens (tertiary/aromatic N) is 2. The number of hydrogen-bond donors (Lipinski definition) is 2. The molecule has 0 saturated heterocycles. The van der Waals surface area contributed by atoms with E-state index in [9.17, 15) is 19.6 Å². The molecular weight excluding hydrogens is 281 g/mol. The van der Waals surface area contributed by atoms with Gasteiger partial charge >= 0.3 is 0 Å². The molecule has 0 aliphatic rings. The molecule has 0 radical (unpaired) electrons. The molecule has 0 amide bonds. The van der Waals surface area contributed by atoms with E-state index in [1.807, 2.05) is 0 Å². The Morgan fingerprint density at radius 1 is 1.62 bits per heavy atom. The Labute approximate surface area is 119 Å². The van der Waals surface area contributed by atoms with E-state index >= 15 is 0 Å². The molecular formula is C13H14FN3O4. The van der Waals surface area contributed by atoms with Crippen molar-refractivity contribution in [2.24, 2.45) is 0 Å². The average molecular weight is 295 g/mol. The van der Waals surface area contributed by atoms with Gasteiger partial charge in [-0.2, -0.15) is 0 Å². The van der Waals surface area contributed by atoms with E-state index in [4.69, 9.17) is 4.74 Å². The molecule has 0 fully saturated rings. The van der Waals surface area contributed by atoms with Crippen LogP contribution in [0.4, 0.5) is 15.8 Å². The van der Waals surface area contributed by atoms with Gasteiger partial charge in [0, 0.05) is 13.3 Å². The third-order valence-corrected chi connectivity index (χ3v) is 2.96. The lowest BCUT2D eigenvalue weighted by molar-refractivity contribution is -0.383. The summed E-state index contributed by atoms with van der Waals surface area (Å²) in [4.78, 5) is 14.3. The second-order valence-corrected chi connectivity index (χ2v) is 4.39. The maximum atomic E-state index is 14.1. The summed E-state index contributed by atoms with van der Waals surface area (Å²) in [6.45, 7) is -0.125. The van der Waals surface area contributed by atoms with Crippen molar-refractivity contribution < 1.29 is 19.2 Å². The van der Waals surface area contributed by atoms with Crippen molar-refractivity contribution in [3.05, 3.63) is 40.3 Å². The molecule has 0 aliphatic carbocycles. The van der Waals surface area contributed by atoms with Crippen LogP contribution >= 0.6 is 0 Å². The highest BCUT2D eigenvalue weighted by Gasteiger charge is 2.21. The third kappa shape index (κ3) is 3.06. The van der Waals surface area contributed by atoms with Crippen LogP contribution in [-0.4, -0.2) is 41.4 Å². The second kappa shape index (κ2) is 6.42. The van der Waals surface area contributed by atoms with Gasteiger partial charge in [0.15, 0.2) is 5.82 Å². The number of rotatable bonds is 6. The van der Waals surface area contributed by atoms with Crippen molar-refractivity contribution in [2.75, 3.05) is 25.6 Å². The Hall–Kier alpha value is -2.32. The molecule has 0 aliphatic heterocycles. The minimum atomic E-state index is -0.803. The number of nitro groups is 1. The molecule has 8 heteroatoms. The van der Waals surface area contributed by atoms with Gasteiger partial charge in [-0.05, 0) is 12.1 Å². The lowest BCUT2D eigenvalue weighted by atomic mass is 10.1. The number of methoxy groups -OCH3 is 1. The molecule has 112 valence electrons. The molecule has 0 bridgehead atoms. The van der Waals surface area contributed by atoms with Crippen LogP contribution in [0.15, 0.2) is 24.4 Å². The van der Waals surface area contributed by atoms with Crippen LogP contribution in [0, 0.1) is 15.9 Å². The molecule has 1 aromatic carbocycles. The number of benzene rings is 1. The first-order chi connectivity index (χ1) is 10.1. The van der Waals surface area contributed by atoms with E-state index in [-0.39, 0.29) is 35.5 Å². The number of pyridine rings is 1. The zero-order chi connectivity index (χ0) is 15.4. The van der Waals surface area contributed by atoms with Crippen LogP contribution in [0.2, 0.25) is 0 Å². The molecule has 2 aromatic rings. The van der Waals surface area contributed by atoms with Crippen LogP contribution in [0.25, 0.3) is 10.9 Å². The summed E-state index contributed by atoms with van der Waals surface area (Å²) in [5.41, 5.74) is -0.209. The van der Waals surface area contributed by atoms with E-state index in [1.54, 1.807) is 0 Å². The predicted octanol–water partition coefficient (Wildman–Crippen LogP) is 1.70. The molecule has 1 atom stereocenters. The van der Waals surface area contributed by atoms with Crippen LogP contribution in [0.1, 0.15) is 0 Å². The van der Waals surface area contributed by atoms with Gasteiger partial charge < -0.3 is 15.2 Å². The number of nitro benzene ring substituents is 1. The Balaban J connectivity index is 2.56. The van der Waals surface area contributed by atoms with Gasteiger partial charge in [0.1, 0.15) is 5.52 Å². The fraction of sp³-hybridized carbons (Fsp3) is 0.308. The quantitative estimate of drug-likeness (QED) is 0.622. The number of nitrogens with one attached hydrogen (secondary N) is 1. The van der Waals surface area contributed by atoms with Gasteiger partial charge in [0.05, 0.1) is 41.3 Å². The molecule has 0 spiro atoms. The zero-order valence-corrected chi connectivity index (χ0v) is 11.2. The van der Waals surface area contributed by atoms with E-state index < -0.39 is 16.8 Å². The number of aliphatic hydroxyl groups excluding tert-OH is 1. The summed E-state index contributed by atoms with van der Waals surface area (Å²) in [5, 5.41) is 23.2. The van der Waals surface area contributed by atoms with Crippen molar-refractivity contribution in [3.8, 4) is 0 Å². The third-order valence-electron chi connectivity index (χ3n) is 2.96. The van der Waals surface area contributed by atoms with E-state index in [2.05, 4.69) is 10.3 Å². The Kier molecular flexibility index (Phi) is 4.61. The summed E-state index contributed by atoms with van der Waals surface area (Å²) in [5.74, 6) is -0.803. The largest absolute Gasteiger partial charge is 0.394 e. The molecule has 1 heterocycles. The van der Waals surface area contributed by atoms with Gasteiger partial charge in [-0.1, -0.05) is 0 Å². The smallest absolute Gasteiger partial charge is 0.281 e. The first kappa shape index (κ1) is 15.1. The highest BCUT2D eigenvalue weighted by molar-refractivity contribution is 5.97. The average Bonchev–Trinajstić information content (AvgIpc) is 2.48. The minimum absolute atomic E-state index is 0.00676. The number of fused-ring (bicyclic) bond motifs is 1. The lowest BCUT2D eigenvalue weighted by Crippen LogP contribution is -2.29. The van der Waals surface area contributed by atoms with Crippen molar-refractivity contribution in [3.63, 3.8) is 0 Å². The summed E-state index contributed by atoms with van der Waals surface area (Å²) in [6, 6.07) is 3.33. The predicted molar refractivity (Wildman–Crippen MR) is 74.7 cm³/mol. The van der Waals surface area contributed by atoms with E-state index in [0.717, 1.165) is 6.07 Å². The summed E-state index contributed by atoms with van der Waals surface area (Å²) < 4.78 is 19.1. The van der Waals surface area contributed by atoms with Crippen LogP contribution in [0.5, 0.6) is 0 Å². The second-order valence-electron chi connectivity index (χ2n) is 4.39. The molecule has 21 heavy (non-hydrogen) atoms. The van der Waals surface area contributed by atoms with Crippen LogP contribution < -0.4 is 5.32 Å². The zero-order valence-electron chi connectivity index (χ0n) is 11.2. The molecule has 1 aromatic heterocycles. The van der Waals surface area contributed by atoms with Gasteiger partial charge in [-0.15, -0.1) is 0 Å². The normalized spacial score (nSPS) is 12.3. The van der Waals surface area contributed by atoms with Crippen molar-refractivity contribution in [1.82, 2.24) is 4.98 Å². The van der Waals surface area contributed by atoms with Crippen molar-refractivity contribution in [2.45, 2.75) is 6.04 Å². The van der Waals surface area contributed by atoms with Crippen molar-refractivity contribution >= 4 is 22.3 Å². The lowest BCUT2D eigenvalue weighted by Gasteiger charge is -2.18. The number of aromatic nitrogens is 1. The SMILES string of the molecule is COCC(CO)Nc1c(F)cc([N+](=O)[O-])c2cccnc12. The summed E-state index contributed by atoms with van der Waals surface area (Å²) in [7, 11) is 1.45. The molecule has 0 saturated carbocycles. The van der Waals surface area contributed by atoms with Gasteiger partial charge in [0.25, 0.3) is 5.69 Å². The number of halogens is 1. The maximum absolute atomic E-state index is 14.1. The van der Waals surface area contributed by atoms with Crippen LogP contribution in [-0.2, 0) is 4.74 Å². The molecule has 2 rings (SSSR count). The Morgan fingerprint density at radius 3 is 3.00 bits per heavy atom. The number of ether oxygens (including phenoxy) is 1. The first-order valence-electron chi connectivity index (χ1n) is 6.16. The molecule has 1 unspecified atom stereocenters. The number of non-ortho nitro benzene ring substituents is 1. The fourth-order valence-electron chi connectivity index (χ4n) is 2.03. The van der Waals surface area contributed by atoms with E-state index in [0.29, 0.717) is 0 Å². The number of hydrogen-bond acceptors (Lipinski definition) is 6. The number of aliphatic hydroxyl groups is 1. The van der Waals surface area contributed by atoms with Crippen LogP contribution in [0.3, 0.4) is 0 Å².